The van der Waals surface area contributed by atoms with Gasteiger partial charge in [0.25, 0.3) is 0 Å². The Morgan fingerprint density at radius 1 is 1.22 bits per heavy atom. The van der Waals surface area contributed by atoms with Crippen molar-refractivity contribution in [2.24, 2.45) is 0 Å². The van der Waals surface area contributed by atoms with Gasteiger partial charge in [0.15, 0.2) is 0 Å². The Morgan fingerprint density at radius 2 is 1.91 bits per heavy atom. The van der Waals surface area contributed by atoms with Gasteiger partial charge in [-0.05, 0) is 62.1 Å². The third kappa shape index (κ3) is 3.27. The molecule has 0 atom stereocenters. The highest BCUT2D eigenvalue weighted by Crippen LogP contribution is 2.33. The van der Waals surface area contributed by atoms with Crippen LogP contribution in [-0.2, 0) is 17.8 Å². The van der Waals surface area contributed by atoms with Gasteiger partial charge in [0, 0.05) is 34.1 Å². The summed E-state index contributed by atoms with van der Waals surface area (Å²) >= 11 is 1.91. The van der Waals surface area contributed by atoms with Gasteiger partial charge in [-0.2, -0.15) is 0 Å². The quantitative estimate of drug-likeness (QED) is 0.894. The zero-order valence-corrected chi connectivity index (χ0v) is 15.1. The Kier molecular flexibility index (Phi) is 4.44. The zero-order valence-electron chi connectivity index (χ0n) is 14.3. The number of rotatable bonds is 3. The van der Waals surface area contributed by atoms with E-state index in [1.165, 1.54) is 21.0 Å². The summed E-state index contributed by atoms with van der Waals surface area (Å²) in [5.74, 6) is 0.0700. The molecule has 0 spiro atoms. The van der Waals surface area contributed by atoms with Gasteiger partial charge in [-0.15, -0.1) is 11.3 Å². The average molecular weight is 328 g/mol. The number of hydrogen-bond donors (Lipinski definition) is 1. The minimum absolute atomic E-state index is 0.0700. The van der Waals surface area contributed by atoms with Crippen molar-refractivity contribution < 1.29 is 4.79 Å². The minimum Gasteiger partial charge on any atom is -0.366 e. The molecular formula is C19H24N2OS. The first-order valence-corrected chi connectivity index (χ1v) is 9.03. The molecule has 1 aromatic carbocycles. The molecule has 122 valence electrons. The van der Waals surface area contributed by atoms with Crippen LogP contribution in [0.25, 0.3) is 0 Å². The summed E-state index contributed by atoms with van der Waals surface area (Å²) in [6.45, 7) is 10.3. The third-order valence-electron chi connectivity index (χ3n) is 4.47. The van der Waals surface area contributed by atoms with Crippen LogP contribution in [0.4, 0.5) is 11.4 Å². The van der Waals surface area contributed by atoms with Crippen LogP contribution in [0.15, 0.2) is 18.2 Å². The van der Waals surface area contributed by atoms with Crippen LogP contribution in [0, 0.1) is 20.8 Å². The average Bonchev–Trinajstić information content (AvgIpc) is 2.89. The van der Waals surface area contributed by atoms with Crippen LogP contribution in [-0.4, -0.2) is 12.5 Å². The second kappa shape index (κ2) is 6.36. The van der Waals surface area contributed by atoms with E-state index in [-0.39, 0.29) is 5.91 Å². The standard InChI is InChI=1S/C19H24N2OS/c1-5-18(22)20-19-12(2)8-16(9-13(19)3)21-7-6-15-10-14(4)23-17(15)11-21/h8-10H,5-7,11H2,1-4H3,(H,20,22). The number of aryl methyl sites for hydroxylation is 3. The molecule has 1 aliphatic heterocycles. The first-order valence-electron chi connectivity index (χ1n) is 8.22. The smallest absolute Gasteiger partial charge is 0.224 e. The molecule has 23 heavy (non-hydrogen) atoms. The second-order valence-electron chi connectivity index (χ2n) is 6.33. The largest absolute Gasteiger partial charge is 0.366 e. The molecule has 0 aliphatic carbocycles. The Hall–Kier alpha value is -1.81. The van der Waals surface area contributed by atoms with Crippen LogP contribution >= 0.6 is 11.3 Å². The Morgan fingerprint density at radius 3 is 2.57 bits per heavy atom. The number of fused-ring (bicyclic) bond motifs is 1. The van der Waals surface area contributed by atoms with Gasteiger partial charge in [0.05, 0.1) is 6.54 Å². The van der Waals surface area contributed by atoms with Crippen molar-refractivity contribution in [3.05, 3.63) is 44.6 Å². The number of amides is 1. The topological polar surface area (TPSA) is 32.3 Å². The maximum atomic E-state index is 11.7. The van der Waals surface area contributed by atoms with Crippen molar-refractivity contribution in [3.63, 3.8) is 0 Å². The summed E-state index contributed by atoms with van der Waals surface area (Å²) in [4.78, 5) is 17.0. The van der Waals surface area contributed by atoms with E-state index < -0.39 is 0 Å². The van der Waals surface area contributed by atoms with Gasteiger partial charge in [-0.3, -0.25) is 4.79 Å². The lowest BCUT2D eigenvalue weighted by Crippen LogP contribution is -2.29. The molecule has 0 saturated carbocycles. The second-order valence-corrected chi connectivity index (χ2v) is 7.67. The minimum atomic E-state index is 0.0700. The molecule has 1 aromatic heterocycles. The van der Waals surface area contributed by atoms with Crippen molar-refractivity contribution in [2.75, 3.05) is 16.8 Å². The molecule has 0 radical (unpaired) electrons. The lowest BCUT2D eigenvalue weighted by Gasteiger charge is -2.30. The van der Waals surface area contributed by atoms with Crippen molar-refractivity contribution >= 4 is 28.6 Å². The normalized spacial score (nSPS) is 13.8. The molecule has 1 N–H and O–H groups in total. The van der Waals surface area contributed by atoms with E-state index in [0.717, 1.165) is 36.3 Å². The van der Waals surface area contributed by atoms with Crippen LogP contribution < -0.4 is 10.2 Å². The highest BCUT2D eigenvalue weighted by molar-refractivity contribution is 7.12. The molecule has 0 saturated heterocycles. The van der Waals surface area contributed by atoms with Crippen molar-refractivity contribution in [1.82, 2.24) is 0 Å². The third-order valence-corrected chi connectivity index (χ3v) is 5.55. The van der Waals surface area contributed by atoms with E-state index in [0.29, 0.717) is 6.42 Å². The van der Waals surface area contributed by atoms with Crippen molar-refractivity contribution in [3.8, 4) is 0 Å². The molecule has 0 fully saturated rings. The first kappa shape index (κ1) is 16.1. The Balaban J connectivity index is 1.85. The molecule has 3 nitrogen and oxygen atoms in total. The fourth-order valence-corrected chi connectivity index (χ4v) is 4.34. The summed E-state index contributed by atoms with van der Waals surface area (Å²) in [7, 11) is 0. The summed E-state index contributed by atoms with van der Waals surface area (Å²) in [6.07, 6.45) is 1.62. The summed E-state index contributed by atoms with van der Waals surface area (Å²) in [5, 5.41) is 3.02. The summed E-state index contributed by atoms with van der Waals surface area (Å²) in [5.41, 5.74) is 6.01. The predicted octanol–water partition coefficient (Wildman–Crippen LogP) is 4.58. The Bertz CT molecular complexity index is 725. The number of hydrogen-bond acceptors (Lipinski definition) is 3. The number of nitrogens with zero attached hydrogens (tertiary/aromatic N) is 1. The first-order chi connectivity index (χ1) is 11.0. The van der Waals surface area contributed by atoms with Gasteiger partial charge < -0.3 is 10.2 Å². The molecule has 1 aliphatic rings. The lowest BCUT2D eigenvalue weighted by molar-refractivity contribution is -0.115. The monoisotopic (exact) mass is 328 g/mol. The number of nitrogens with one attached hydrogen (secondary N) is 1. The van der Waals surface area contributed by atoms with E-state index in [2.05, 4.69) is 49.2 Å². The number of anilines is 2. The molecule has 2 heterocycles. The molecule has 1 amide bonds. The SMILES string of the molecule is CCC(=O)Nc1c(C)cc(N2CCc3cc(C)sc3C2)cc1C. The molecule has 2 aromatic rings. The highest BCUT2D eigenvalue weighted by atomic mass is 32.1. The molecular weight excluding hydrogens is 304 g/mol. The number of carbonyl (C=O) groups excluding carboxylic acids is 1. The van der Waals surface area contributed by atoms with Crippen molar-refractivity contribution in [2.45, 2.75) is 47.1 Å². The maximum absolute atomic E-state index is 11.7. The van der Waals surface area contributed by atoms with E-state index >= 15 is 0 Å². The summed E-state index contributed by atoms with van der Waals surface area (Å²) in [6, 6.07) is 6.73. The molecule has 0 bridgehead atoms. The van der Waals surface area contributed by atoms with Crippen LogP contribution in [0.3, 0.4) is 0 Å². The predicted molar refractivity (Wildman–Crippen MR) is 98.6 cm³/mol. The van der Waals surface area contributed by atoms with Gasteiger partial charge in [0.1, 0.15) is 0 Å². The van der Waals surface area contributed by atoms with Gasteiger partial charge >= 0.3 is 0 Å². The van der Waals surface area contributed by atoms with Crippen LogP contribution in [0.5, 0.6) is 0 Å². The van der Waals surface area contributed by atoms with Crippen LogP contribution in [0.2, 0.25) is 0 Å². The van der Waals surface area contributed by atoms with Gasteiger partial charge in [-0.25, -0.2) is 0 Å². The van der Waals surface area contributed by atoms with Gasteiger partial charge in [0.2, 0.25) is 5.91 Å². The van der Waals surface area contributed by atoms with E-state index in [1.54, 1.807) is 0 Å². The fourth-order valence-electron chi connectivity index (χ4n) is 3.24. The van der Waals surface area contributed by atoms with Crippen LogP contribution in [0.1, 0.15) is 39.8 Å². The molecule has 0 unspecified atom stereocenters. The molecule has 4 heteroatoms. The number of benzene rings is 1. The zero-order chi connectivity index (χ0) is 16.6. The maximum Gasteiger partial charge on any atom is 0.224 e. The van der Waals surface area contributed by atoms with E-state index in [1.807, 2.05) is 18.3 Å². The summed E-state index contributed by atoms with van der Waals surface area (Å²) < 4.78 is 0. The number of thiophene rings is 1. The van der Waals surface area contributed by atoms with Crippen molar-refractivity contribution in [1.29, 1.82) is 0 Å². The van der Waals surface area contributed by atoms with E-state index in [4.69, 9.17) is 0 Å². The molecule has 3 rings (SSSR count). The fraction of sp³-hybridized carbons (Fsp3) is 0.421. The Labute approximate surface area is 142 Å². The van der Waals surface area contributed by atoms with E-state index in [9.17, 15) is 4.79 Å². The lowest BCUT2D eigenvalue weighted by atomic mass is 10.0. The van der Waals surface area contributed by atoms with Gasteiger partial charge in [-0.1, -0.05) is 6.92 Å². The number of carbonyl (C=O) groups is 1. The highest BCUT2D eigenvalue weighted by Gasteiger charge is 2.20.